The van der Waals surface area contributed by atoms with E-state index in [4.69, 9.17) is 18.0 Å². The number of nitrogens with one attached hydrogen (secondary N) is 1. The first-order valence-electron chi connectivity index (χ1n) is 5.21. The van der Waals surface area contributed by atoms with E-state index in [1.54, 1.807) is 0 Å². The Morgan fingerprint density at radius 3 is 2.47 bits per heavy atom. The van der Waals surface area contributed by atoms with Crippen LogP contribution in [0.3, 0.4) is 0 Å². The van der Waals surface area contributed by atoms with Gasteiger partial charge in [0.05, 0.1) is 0 Å². The van der Waals surface area contributed by atoms with E-state index in [2.05, 4.69) is 5.32 Å². The molecular weight excluding hydrogens is 255 g/mol. The van der Waals surface area contributed by atoms with Gasteiger partial charge in [0.15, 0.2) is 12.1 Å². The number of benzene rings is 1. The van der Waals surface area contributed by atoms with Crippen molar-refractivity contribution < 1.29 is 9.79 Å². The van der Waals surface area contributed by atoms with Crippen LogP contribution < -0.4 is 11.1 Å². The van der Waals surface area contributed by atoms with Gasteiger partial charge in [0.1, 0.15) is 0 Å². The first-order chi connectivity index (χ1) is 7.94. The van der Waals surface area contributed by atoms with Gasteiger partial charge in [-0.25, -0.2) is 0 Å². The minimum absolute atomic E-state index is 0.0356. The van der Waals surface area contributed by atoms with Gasteiger partial charge in [-0.3, -0.25) is 0 Å². The lowest BCUT2D eigenvalue weighted by Crippen LogP contribution is -2.27. The van der Waals surface area contributed by atoms with E-state index in [1.165, 1.54) is 6.92 Å². The van der Waals surface area contributed by atoms with E-state index in [0.29, 0.717) is 6.54 Å². The lowest BCUT2D eigenvalue weighted by molar-refractivity contribution is 0.491. The van der Waals surface area contributed by atoms with Crippen LogP contribution in [0.2, 0.25) is 0 Å². The van der Waals surface area contributed by atoms with Crippen LogP contribution in [-0.2, 0) is 6.42 Å². The predicted molar refractivity (Wildman–Crippen MR) is 77.0 cm³/mol. The summed E-state index contributed by atoms with van der Waals surface area (Å²) in [5, 5.41) is 2.83. The molecule has 94 valence electrons. The molecule has 0 aliphatic rings. The Morgan fingerprint density at radius 2 is 1.94 bits per heavy atom. The number of thiocarbonyl (C=S) groups is 1. The van der Waals surface area contributed by atoms with Gasteiger partial charge in [-0.1, -0.05) is 42.5 Å². The molecule has 0 saturated heterocycles. The molecule has 0 aliphatic heterocycles. The number of rotatable bonds is 4. The molecule has 5 N–H and O–H groups in total. The molecule has 0 aromatic heterocycles. The largest absolute Gasteiger partial charge is 0.372 e. The summed E-state index contributed by atoms with van der Waals surface area (Å²) in [6.07, 6.45) is 0.768. The third kappa shape index (κ3) is 4.22. The zero-order valence-corrected chi connectivity index (χ0v) is 11.3. The molecule has 0 amide bonds. The van der Waals surface area contributed by atoms with E-state index in [9.17, 15) is 9.79 Å². The quantitative estimate of drug-likeness (QED) is 0.487. The molecule has 0 bridgehead atoms. The Hall–Kier alpha value is -0.710. The van der Waals surface area contributed by atoms with Gasteiger partial charge >= 0.3 is 0 Å². The number of hydrogen-bond acceptors (Lipinski definition) is 3. The van der Waals surface area contributed by atoms with Crippen molar-refractivity contribution in [3.63, 3.8) is 0 Å². The molecule has 1 aromatic rings. The van der Waals surface area contributed by atoms with Crippen LogP contribution in [0, 0.1) is 0 Å². The molecule has 17 heavy (non-hydrogen) atoms. The molecule has 1 rings (SSSR count). The summed E-state index contributed by atoms with van der Waals surface area (Å²) in [6, 6.07) is 9.88. The highest BCUT2D eigenvalue weighted by molar-refractivity contribution is 8.01. The van der Waals surface area contributed by atoms with Crippen LogP contribution in [0.15, 0.2) is 30.3 Å². The highest BCUT2D eigenvalue weighted by Crippen LogP contribution is 2.38. The molecule has 1 aromatic carbocycles. The van der Waals surface area contributed by atoms with E-state index in [-0.39, 0.29) is 10.1 Å². The Kier molecular flexibility index (Phi) is 5.31. The first-order valence-corrected chi connectivity index (χ1v) is 7.31. The average Bonchev–Trinajstić information content (AvgIpc) is 2.30. The van der Waals surface area contributed by atoms with Gasteiger partial charge in [0, 0.05) is 12.0 Å². The number of hydrogen-bond donors (Lipinski definition) is 4. The summed E-state index contributed by atoms with van der Waals surface area (Å²) < 4.78 is 0.0356. The third-order valence-corrected chi connectivity index (χ3v) is 4.92. The van der Waals surface area contributed by atoms with Crippen LogP contribution in [0.5, 0.6) is 0 Å². The smallest absolute Gasteiger partial charge is 0.189 e. The van der Waals surface area contributed by atoms with Gasteiger partial charge in [0.2, 0.25) is 0 Å². The third-order valence-electron chi connectivity index (χ3n) is 2.31. The Balaban J connectivity index is 2.49. The van der Waals surface area contributed by atoms with Crippen LogP contribution in [0.4, 0.5) is 0 Å². The molecule has 6 heteroatoms. The number of nitrogens with two attached hydrogens (primary N) is 1. The lowest BCUT2D eigenvalue weighted by Gasteiger charge is -2.17. The topological polar surface area (TPSA) is 78.5 Å². The van der Waals surface area contributed by atoms with Gasteiger partial charge in [0.25, 0.3) is 0 Å². The SMILES string of the molecule is CC(N)=P(O)(O)C(=S)NCCc1ccccc1. The fourth-order valence-electron chi connectivity index (χ4n) is 1.23. The molecular formula is C11H17N2O2PS. The van der Waals surface area contributed by atoms with E-state index >= 15 is 0 Å². The van der Waals surface area contributed by atoms with Crippen molar-refractivity contribution in [1.29, 1.82) is 0 Å². The lowest BCUT2D eigenvalue weighted by atomic mass is 10.2. The maximum Gasteiger partial charge on any atom is 0.189 e. The van der Waals surface area contributed by atoms with Crippen molar-refractivity contribution in [3.05, 3.63) is 35.9 Å². The molecule has 0 aliphatic carbocycles. The van der Waals surface area contributed by atoms with Crippen molar-refractivity contribution in [3.8, 4) is 0 Å². The van der Waals surface area contributed by atoms with E-state index in [0.717, 1.165) is 12.0 Å². The Bertz CT molecular complexity index is 438. The standard InChI is InChI=1S/C11H17N2O2PS/c1-9(12)16(14,15)11(17)13-8-7-10-5-3-2-4-6-10/h2-6,14-15H,7-8,12H2,1H3,(H,13,17). The maximum atomic E-state index is 9.66. The summed E-state index contributed by atoms with van der Waals surface area (Å²) >= 11 is 4.92. The van der Waals surface area contributed by atoms with Crippen LogP contribution >= 0.6 is 19.6 Å². The molecule has 0 spiro atoms. The summed E-state index contributed by atoms with van der Waals surface area (Å²) in [4.78, 5) is 19.3. The molecule has 4 nitrogen and oxygen atoms in total. The summed E-state index contributed by atoms with van der Waals surface area (Å²) in [7, 11) is -3.41. The predicted octanol–water partition coefficient (Wildman–Crippen LogP) is 1.04. The zero-order valence-electron chi connectivity index (χ0n) is 9.63. The minimum atomic E-state index is -3.41. The van der Waals surface area contributed by atoms with Gasteiger partial charge < -0.3 is 20.8 Å². The molecule has 0 radical (unpaired) electrons. The molecule has 0 unspecified atom stereocenters. The first kappa shape index (κ1) is 14.4. The second-order valence-electron chi connectivity index (χ2n) is 3.71. The van der Waals surface area contributed by atoms with Crippen LogP contribution in [-0.4, -0.2) is 26.5 Å². The molecule has 0 saturated carbocycles. The maximum absolute atomic E-state index is 9.66. The fourth-order valence-corrected chi connectivity index (χ4v) is 2.42. The molecule has 0 atom stereocenters. The van der Waals surface area contributed by atoms with Crippen molar-refractivity contribution >= 4 is 29.7 Å². The van der Waals surface area contributed by atoms with Gasteiger partial charge in [-0.05, 0) is 18.9 Å². The normalized spacial score (nSPS) is 11.1. The van der Waals surface area contributed by atoms with E-state index < -0.39 is 7.34 Å². The monoisotopic (exact) mass is 272 g/mol. The molecule has 0 fully saturated rings. The fraction of sp³-hybridized carbons (Fsp3) is 0.273. The van der Waals surface area contributed by atoms with Crippen molar-refractivity contribution in [1.82, 2.24) is 5.32 Å². The minimum Gasteiger partial charge on any atom is -0.372 e. The zero-order chi connectivity index (χ0) is 12.9. The molecule has 0 heterocycles. The Labute approximate surface area is 107 Å². The highest BCUT2D eigenvalue weighted by atomic mass is 32.1. The van der Waals surface area contributed by atoms with Gasteiger partial charge in [-0.15, -0.1) is 0 Å². The van der Waals surface area contributed by atoms with E-state index in [1.807, 2.05) is 30.3 Å². The highest BCUT2D eigenvalue weighted by Gasteiger charge is 2.18. The van der Waals surface area contributed by atoms with Gasteiger partial charge in [-0.2, -0.15) is 0 Å². The van der Waals surface area contributed by atoms with Crippen molar-refractivity contribution in [2.45, 2.75) is 13.3 Å². The summed E-state index contributed by atoms with van der Waals surface area (Å²) in [5.74, 6) is 0. The van der Waals surface area contributed by atoms with Crippen molar-refractivity contribution in [2.75, 3.05) is 6.54 Å². The van der Waals surface area contributed by atoms with Crippen LogP contribution in [0.25, 0.3) is 0 Å². The summed E-state index contributed by atoms with van der Waals surface area (Å²) in [6.45, 7) is 2.01. The van der Waals surface area contributed by atoms with Crippen LogP contribution in [0.1, 0.15) is 12.5 Å². The summed E-state index contributed by atoms with van der Waals surface area (Å²) in [5.41, 5.74) is 6.62. The average molecular weight is 272 g/mol. The Morgan fingerprint density at radius 1 is 1.35 bits per heavy atom. The van der Waals surface area contributed by atoms with Crippen molar-refractivity contribution in [2.24, 2.45) is 5.73 Å². The second kappa shape index (κ2) is 6.28. The second-order valence-corrected chi connectivity index (χ2v) is 6.78.